The number of nitriles is 1. The molecular formula is C18H17N7O. The van der Waals surface area contributed by atoms with Crippen LogP contribution in [0.3, 0.4) is 0 Å². The normalized spacial score (nSPS) is 15.0. The highest BCUT2D eigenvalue weighted by Gasteiger charge is 2.26. The van der Waals surface area contributed by atoms with Crippen LogP contribution in [0.25, 0.3) is 5.65 Å². The van der Waals surface area contributed by atoms with Crippen LogP contribution in [0.5, 0.6) is 0 Å². The molecule has 8 nitrogen and oxygen atoms in total. The summed E-state index contributed by atoms with van der Waals surface area (Å²) in [6.07, 6.45) is 4.88. The van der Waals surface area contributed by atoms with E-state index in [4.69, 9.17) is 5.26 Å². The summed E-state index contributed by atoms with van der Waals surface area (Å²) in [6, 6.07) is 11.3. The SMILES string of the molecule is N#Cc1ccc(N2CCC(C(=O)Nc3nnc4ccccn34)CC2)nc1. The van der Waals surface area contributed by atoms with Crippen LogP contribution >= 0.6 is 0 Å². The van der Waals surface area contributed by atoms with E-state index in [2.05, 4.69) is 31.5 Å². The fourth-order valence-electron chi connectivity index (χ4n) is 3.15. The van der Waals surface area contributed by atoms with Gasteiger partial charge in [-0.05, 0) is 37.1 Å². The summed E-state index contributed by atoms with van der Waals surface area (Å²) in [5.41, 5.74) is 1.24. The Bertz CT molecular complexity index is 965. The second-order valence-corrected chi connectivity index (χ2v) is 6.22. The van der Waals surface area contributed by atoms with E-state index >= 15 is 0 Å². The van der Waals surface area contributed by atoms with E-state index in [0.717, 1.165) is 31.7 Å². The molecule has 1 aliphatic heterocycles. The van der Waals surface area contributed by atoms with E-state index in [9.17, 15) is 4.79 Å². The molecule has 8 heteroatoms. The summed E-state index contributed by atoms with van der Waals surface area (Å²) in [4.78, 5) is 19.0. The highest BCUT2D eigenvalue weighted by atomic mass is 16.2. The van der Waals surface area contributed by atoms with Gasteiger partial charge in [-0.15, -0.1) is 10.2 Å². The lowest BCUT2D eigenvalue weighted by Gasteiger charge is -2.32. The van der Waals surface area contributed by atoms with E-state index in [1.54, 1.807) is 16.7 Å². The minimum atomic E-state index is -0.0688. The van der Waals surface area contributed by atoms with E-state index in [1.807, 2.05) is 30.5 Å². The molecule has 1 fully saturated rings. The standard InChI is InChI=1S/C18H17N7O/c19-11-13-4-5-15(20-12-13)24-9-6-14(7-10-24)17(26)21-18-23-22-16-3-1-2-8-25(16)18/h1-5,8,12,14H,6-7,9-10H2,(H,21,23,26). The number of nitrogens with one attached hydrogen (secondary N) is 1. The van der Waals surface area contributed by atoms with Crippen molar-refractivity contribution in [2.24, 2.45) is 5.92 Å². The van der Waals surface area contributed by atoms with Crippen LogP contribution in [0.1, 0.15) is 18.4 Å². The van der Waals surface area contributed by atoms with Crippen molar-refractivity contribution in [1.29, 1.82) is 5.26 Å². The molecule has 3 aromatic rings. The Labute approximate surface area is 150 Å². The van der Waals surface area contributed by atoms with Gasteiger partial charge < -0.3 is 4.90 Å². The van der Waals surface area contributed by atoms with Gasteiger partial charge in [0.25, 0.3) is 0 Å². The molecular weight excluding hydrogens is 330 g/mol. The van der Waals surface area contributed by atoms with Crippen molar-refractivity contribution in [2.45, 2.75) is 12.8 Å². The van der Waals surface area contributed by atoms with Gasteiger partial charge in [-0.1, -0.05) is 6.07 Å². The van der Waals surface area contributed by atoms with Crippen molar-refractivity contribution in [2.75, 3.05) is 23.3 Å². The zero-order chi connectivity index (χ0) is 17.9. The van der Waals surface area contributed by atoms with Crippen LogP contribution in [-0.4, -0.2) is 38.6 Å². The monoisotopic (exact) mass is 347 g/mol. The lowest BCUT2D eigenvalue weighted by molar-refractivity contribution is -0.120. The van der Waals surface area contributed by atoms with Gasteiger partial charge in [-0.2, -0.15) is 5.26 Å². The molecule has 0 bridgehead atoms. The number of nitrogens with zero attached hydrogens (tertiary/aromatic N) is 6. The number of carbonyl (C=O) groups is 1. The van der Waals surface area contributed by atoms with Crippen molar-refractivity contribution in [3.63, 3.8) is 0 Å². The summed E-state index contributed by atoms with van der Waals surface area (Å²) in [6.45, 7) is 1.50. The number of hydrogen-bond donors (Lipinski definition) is 1. The molecule has 0 aromatic carbocycles. The number of anilines is 2. The fourth-order valence-corrected chi connectivity index (χ4v) is 3.15. The van der Waals surface area contributed by atoms with Gasteiger partial charge in [0.15, 0.2) is 5.65 Å². The van der Waals surface area contributed by atoms with Crippen LogP contribution in [0.2, 0.25) is 0 Å². The van der Waals surface area contributed by atoms with Crippen LogP contribution in [0.15, 0.2) is 42.7 Å². The first-order valence-electron chi connectivity index (χ1n) is 8.46. The molecule has 26 heavy (non-hydrogen) atoms. The van der Waals surface area contributed by atoms with Crippen molar-refractivity contribution >= 4 is 23.3 Å². The first-order valence-corrected chi connectivity index (χ1v) is 8.46. The largest absolute Gasteiger partial charge is 0.357 e. The predicted octanol–water partition coefficient (Wildman–Crippen LogP) is 1.85. The third kappa shape index (κ3) is 3.07. The van der Waals surface area contributed by atoms with Gasteiger partial charge in [0.1, 0.15) is 11.9 Å². The van der Waals surface area contributed by atoms with Crippen molar-refractivity contribution in [3.05, 3.63) is 48.3 Å². The van der Waals surface area contributed by atoms with Crippen LogP contribution in [-0.2, 0) is 4.79 Å². The molecule has 0 radical (unpaired) electrons. The number of rotatable bonds is 3. The number of fused-ring (bicyclic) bond motifs is 1. The minimum Gasteiger partial charge on any atom is -0.357 e. The fraction of sp³-hybridized carbons (Fsp3) is 0.278. The lowest BCUT2D eigenvalue weighted by Crippen LogP contribution is -2.38. The molecule has 0 atom stereocenters. The summed E-state index contributed by atoms with van der Waals surface area (Å²) >= 11 is 0. The molecule has 0 unspecified atom stereocenters. The smallest absolute Gasteiger partial charge is 0.235 e. The van der Waals surface area contributed by atoms with Gasteiger partial charge in [0.05, 0.1) is 5.56 Å². The maximum Gasteiger partial charge on any atom is 0.235 e. The Balaban J connectivity index is 1.38. The Morgan fingerprint density at radius 2 is 2.04 bits per heavy atom. The second kappa shape index (κ2) is 6.80. The number of hydrogen-bond acceptors (Lipinski definition) is 6. The molecule has 1 N–H and O–H groups in total. The Kier molecular flexibility index (Phi) is 4.19. The van der Waals surface area contributed by atoms with Crippen LogP contribution < -0.4 is 10.2 Å². The number of amides is 1. The van der Waals surface area contributed by atoms with Gasteiger partial charge in [0, 0.05) is 31.4 Å². The number of aromatic nitrogens is 4. The topological polar surface area (TPSA) is 99.2 Å². The van der Waals surface area contributed by atoms with Gasteiger partial charge in [0.2, 0.25) is 11.9 Å². The second-order valence-electron chi connectivity index (χ2n) is 6.22. The van der Waals surface area contributed by atoms with Crippen LogP contribution in [0.4, 0.5) is 11.8 Å². The molecule has 130 valence electrons. The molecule has 4 heterocycles. The quantitative estimate of drug-likeness (QED) is 0.776. The van der Waals surface area contributed by atoms with Crippen molar-refractivity contribution in [1.82, 2.24) is 19.6 Å². The third-order valence-electron chi connectivity index (χ3n) is 4.62. The van der Waals surface area contributed by atoms with Crippen molar-refractivity contribution < 1.29 is 4.79 Å². The summed E-state index contributed by atoms with van der Waals surface area (Å²) in [7, 11) is 0. The maximum absolute atomic E-state index is 12.6. The number of piperidine rings is 1. The molecule has 3 aromatic heterocycles. The average molecular weight is 347 g/mol. The van der Waals surface area contributed by atoms with Gasteiger partial charge >= 0.3 is 0 Å². The third-order valence-corrected chi connectivity index (χ3v) is 4.62. The van der Waals surface area contributed by atoms with Gasteiger partial charge in [-0.25, -0.2) is 4.98 Å². The maximum atomic E-state index is 12.6. The summed E-state index contributed by atoms with van der Waals surface area (Å²) in [5, 5.41) is 19.8. The van der Waals surface area contributed by atoms with Crippen molar-refractivity contribution in [3.8, 4) is 6.07 Å². The Morgan fingerprint density at radius 3 is 2.77 bits per heavy atom. The molecule has 4 rings (SSSR count). The average Bonchev–Trinajstić information content (AvgIpc) is 3.11. The van der Waals surface area contributed by atoms with E-state index in [1.165, 1.54) is 0 Å². The van der Waals surface area contributed by atoms with E-state index in [-0.39, 0.29) is 11.8 Å². The first-order chi connectivity index (χ1) is 12.7. The Hall–Kier alpha value is -3.47. The zero-order valence-electron chi connectivity index (χ0n) is 14.0. The first kappa shape index (κ1) is 16.0. The molecule has 1 aliphatic rings. The molecule has 1 saturated heterocycles. The number of pyridine rings is 2. The number of carbonyl (C=O) groups excluding carboxylic acids is 1. The molecule has 0 aliphatic carbocycles. The van der Waals surface area contributed by atoms with E-state index in [0.29, 0.717) is 17.2 Å². The lowest BCUT2D eigenvalue weighted by atomic mass is 9.96. The van der Waals surface area contributed by atoms with Gasteiger partial charge in [-0.3, -0.25) is 14.5 Å². The zero-order valence-corrected chi connectivity index (χ0v) is 14.0. The Morgan fingerprint density at radius 1 is 1.19 bits per heavy atom. The molecule has 1 amide bonds. The minimum absolute atomic E-state index is 0.0319. The van der Waals surface area contributed by atoms with Crippen LogP contribution in [0, 0.1) is 17.2 Å². The summed E-state index contributed by atoms with van der Waals surface area (Å²) < 4.78 is 1.76. The predicted molar refractivity (Wildman–Crippen MR) is 95.5 cm³/mol. The van der Waals surface area contributed by atoms with E-state index < -0.39 is 0 Å². The highest BCUT2D eigenvalue weighted by Crippen LogP contribution is 2.23. The molecule has 0 spiro atoms. The molecule has 0 saturated carbocycles. The highest BCUT2D eigenvalue weighted by molar-refractivity contribution is 5.91. The summed E-state index contributed by atoms with van der Waals surface area (Å²) in [5.74, 6) is 1.18.